The number of hydrazine groups is 1. The number of hydrogen-bond donors (Lipinski definition) is 2. The van der Waals surface area contributed by atoms with Crippen LogP contribution in [0.4, 0.5) is 0 Å². The maximum absolute atomic E-state index is 14.0. The molecule has 2 bridgehead atoms. The number of benzene rings is 3. The van der Waals surface area contributed by atoms with E-state index in [2.05, 4.69) is 26.8 Å². The van der Waals surface area contributed by atoms with Crippen LogP contribution in [0.25, 0.3) is 0 Å². The minimum Gasteiger partial charge on any atom is -0.454 e. The van der Waals surface area contributed by atoms with Crippen LogP contribution in [0, 0.1) is 17.8 Å². The molecule has 7 rings (SSSR count). The van der Waals surface area contributed by atoms with E-state index in [0.717, 1.165) is 31.6 Å². The highest BCUT2D eigenvalue weighted by Gasteiger charge is 2.63. The number of carbonyl (C=O) groups excluding carboxylic acids is 5. The monoisotopic (exact) mass is 629 g/mol. The van der Waals surface area contributed by atoms with Crippen molar-refractivity contribution in [3.8, 4) is 0 Å². The molecule has 3 aliphatic carbocycles. The molecule has 2 N–H and O–H groups in total. The average Bonchev–Trinajstić information content (AvgIpc) is 3.25. The molecule has 1 fully saturated rings. The van der Waals surface area contributed by atoms with Crippen LogP contribution in [0.15, 0.2) is 77.3 Å². The van der Waals surface area contributed by atoms with Crippen LogP contribution in [0.5, 0.6) is 0 Å². The second-order valence-corrected chi connectivity index (χ2v) is 12.0. The molecule has 0 radical (unpaired) electrons. The summed E-state index contributed by atoms with van der Waals surface area (Å²) in [6, 6.07) is 21.1. The summed E-state index contributed by atoms with van der Waals surface area (Å²) in [6.07, 6.45) is 0. The number of esters is 1. The van der Waals surface area contributed by atoms with E-state index >= 15 is 0 Å². The molecule has 9 nitrogen and oxygen atoms in total. The van der Waals surface area contributed by atoms with Crippen molar-refractivity contribution >= 4 is 45.5 Å². The Labute approximate surface area is 250 Å². The highest BCUT2D eigenvalue weighted by molar-refractivity contribution is 9.10. The quantitative estimate of drug-likeness (QED) is 0.244. The Kier molecular flexibility index (Phi) is 7.18. The van der Waals surface area contributed by atoms with E-state index in [1.54, 1.807) is 38.1 Å². The van der Waals surface area contributed by atoms with Gasteiger partial charge < -0.3 is 4.74 Å². The third-order valence-electron chi connectivity index (χ3n) is 8.40. The molecule has 214 valence electrons. The highest BCUT2D eigenvalue weighted by Crippen LogP contribution is 2.61. The van der Waals surface area contributed by atoms with Gasteiger partial charge in [0.1, 0.15) is 6.04 Å². The van der Waals surface area contributed by atoms with E-state index in [-0.39, 0.29) is 11.8 Å². The largest absolute Gasteiger partial charge is 0.454 e. The van der Waals surface area contributed by atoms with Crippen molar-refractivity contribution in [1.29, 1.82) is 0 Å². The summed E-state index contributed by atoms with van der Waals surface area (Å²) < 4.78 is 6.08. The number of ether oxygens (including phenoxy) is 1. The van der Waals surface area contributed by atoms with Gasteiger partial charge in [-0.2, -0.15) is 0 Å². The molecule has 4 amide bonds. The van der Waals surface area contributed by atoms with Crippen LogP contribution in [0.3, 0.4) is 0 Å². The smallest absolute Gasteiger partial charge is 0.330 e. The zero-order valence-corrected chi connectivity index (χ0v) is 24.5. The first-order valence-electron chi connectivity index (χ1n) is 13.7. The number of likely N-dealkylation sites (tertiary alicyclic amines) is 1. The van der Waals surface area contributed by atoms with Crippen LogP contribution in [0.2, 0.25) is 0 Å². The topological polar surface area (TPSA) is 122 Å². The van der Waals surface area contributed by atoms with Crippen LogP contribution < -0.4 is 10.9 Å². The minimum absolute atomic E-state index is 0.294. The lowest BCUT2D eigenvalue weighted by Crippen LogP contribution is -2.50. The molecule has 1 heterocycles. The van der Waals surface area contributed by atoms with E-state index in [9.17, 15) is 24.0 Å². The van der Waals surface area contributed by atoms with Gasteiger partial charge in [-0.3, -0.25) is 34.9 Å². The van der Waals surface area contributed by atoms with Crippen molar-refractivity contribution in [2.24, 2.45) is 17.8 Å². The average molecular weight is 630 g/mol. The van der Waals surface area contributed by atoms with Gasteiger partial charge in [-0.05, 0) is 52.4 Å². The van der Waals surface area contributed by atoms with E-state index in [1.807, 2.05) is 48.5 Å². The van der Waals surface area contributed by atoms with Gasteiger partial charge in [0.05, 0.1) is 11.8 Å². The fraction of sp³-hybridized carbons (Fsp3) is 0.281. The fourth-order valence-corrected chi connectivity index (χ4v) is 6.97. The predicted molar refractivity (Wildman–Crippen MR) is 155 cm³/mol. The third kappa shape index (κ3) is 4.50. The molecular weight excluding hydrogens is 602 g/mol. The molecule has 3 aromatic carbocycles. The first-order chi connectivity index (χ1) is 20.2. The number of rotatable bonds is 6. The zero-order chi connectivity index (χ0) is 29.7. The van der Waals surface area contributed by atoms with Gasteiger partial charge in [0.25, 0.3) is 11.8 Å². The third-order valence-corrected chi connectivity index (χ3v) is 8.93. The number of nitrogens with one attached hydrogen (secondary N) is 2. The number of imide groups is 1. The van der Waals surface area contributed by atoms with Gasteiger partial charge in [0.2, 0.25) is 11.8 Å². The van der Waals surface area contributed by atoms with E-state index in [4.69, 9.17) is 4.74 Å². The predicted octanol–water partition coefficient (Wildman–Crippen LogP) is 3.67. The number of amides is 4. The Morgan fingerprint density at radius 1 is 0.786 bits per heavy atom. The Bertz CT molecular complexity index is 1500. The molecule has 42 heavy (non-hydrogen) atoms. The van der Waals surface area contributed by atoms with Gasteiger partial charge in [-0.1, -0.05) is 78.3 Å². The Morgan fingerprint density at radius 2 is 1.26 bits per heavy atom. The van der Waals surface area contributed by atoms with Gasteiger partial charge in [-0.25, -0.2) is 4.79 Å². The normalized spacial score (nSPS) is 22.2. The molecule has 10 heteroatoms. The van der Waals surface area contributed by atoms with Crippen molar-refractivity contribution in [3.63, 3.8) is 0 Å². The number of nitrogens with zero attached hydrogens (tertiary/aromatic N) is 1. The van der Waals surface area contributed by atoms with Crippen LogP contribution in [-0.4, -0.2) is 47.1 Å². The molecule has 0 aromatic heterocycles. The van der Waals surface area contributed by atoms with Crippen molar-refractivity contribution < 1.29 is 28.7 Å². The second-order valence-electron chi connectivity index (χ2n) is 11.1. The summed E-state index contributed by atoms with van der Waals surface area (Å²) in [5.41, 5.74) is 8.95. The van der Waals surface area contributed by atoms with Gasteiger partial charge in [0, 0.05) is 21.9 Å². The molecule has 1 saturated heterocycles. The van der Waals surface area contributed by atoms with Crippen molar-refractivity contribution in [1.82, 2.24) is 15.8 Å². The lowest BCUT2D eigenvalue weighted by atomic mass is 9.55. The summed E-state index contributed by atoms with van der Waals surface area (Å²) in [5.74, 6) is -5.28. The Hall–Kier alpha value is -4.31. The Morgan fingerprint density at radius 3 is 1.71 bits per heavy atom. The van der Waals surface area contributed by atoms with Crippen LogP contribution >= 0.6 is 15.9 Å². The molecule has 0 saturated carbocycles. The standard InChI is InChI=1S/C32H28BrN3O6/c1-16(2)28(32(41)42-15-23(37)34-35-29(38)17-11-13-18(33)14-12-17)36-30(39)26-24-19-7-3-4-8-20(19)25(27(26)31(36)40)22-10-6-5-9-21(22)24/h3-14,16,24-28H,15H2,1-2H3,(H,34,37)(H,35,38)/t24?,25?,26-,27-,28-/m1/s1. The van der Waals surface area contributed by atoms with Gasteiger partial charge in [0.15, 0.2) is 6.61 Å². The van der Waals surface area contributed by atoms with E-state index in [0.29, 0.717) is 5.56 Å². The summed E-state index contributed by atoms with van der Waals surface area (Å²) in [6.45, 7) is 2.75. The maximum atomic E-state index is 14.0. The van der Waals surface area contributed by atoms with Crippen molar-refractivity contribution in [2.75, 3.05) is 6.61 Å². The second kappa shape index (κ2) is 10.8. The molecule has 3 atom stereocenters. The lowest BCUT2D eigenvalue weighted by molar-refractivity contribution is -0.162. The lowest BCUT2D eigenvalue weighted by Gasteiger charge is -2.45. The SMILES string of the molecule is CC(C)[C@H](C(=O)OCC(=O)NNC(=O)c1ccc(Br)cc1)N1C(=O)[C@@H]2C3c4ccccc4C(c4ccccc43)[C@H]2C1=O. The summed E-state index contributed by atoms with van der Waals surface area (Å²) in [4.78, 5) is 67.1. The van der Waals surface area contributed by atoms with Crippen LogP contribution in [-0.2, 0) is 23.9 Å². The molecular formula is C32H28BrN3O6. The van der Waals surface area contributed by atoms with E-state index < -0.39 is 60.0 Å². The highest BCUT2D eigenvalue weighted by atomic mass is 79.9. The van der Waals surface area contributed by atoms with Crippen molar-refractivity contribution in [2.45, 2.75) is 31.7 Å². The Balaban J connectivity index is 1.18. The summed E-state index contributed by atoms with van der Waals surface area (Å²) >= 11 is 3.29. The maximum Gasteiger partial charge on any atom is 0.330 e. The number of carbonyl (C=O) groups is 5. The zero-order valence-electron chi connectivity index (χ0n) is 22.9. The molecule has 0 unspecified atom stereocenters. The molecule has 1 aliphatic heterocycles. The number of hydrogen-bond acceptors (Lipinski definition) is 6. The summed E-state index contributed by atoms with van der Waals surface area (Å²) in [7, 11) is 0. The van der Waals surface area contributed by atoms with Gasteiger partial charge in [-0.15, -0.1) is 0 Å². The van der Waals surface area contributed by atoms with Gasteiger partial charge >= 0.3 is 5.97 Å². The van der Waals surface area contributed by atoms with Crippen molar-refractivity contribution in [3.05, 3.63) is 105 Å². The number of halogens is 1. The molecule has 3 aromatic rings. The fourth-order valence-electron chi connectivity index (χ4n) is 6.71. The molecule has 4 aliphatic rings. The molecule has 0 spiro atoms. The first kappa shape index (κ1) is 27.8. The van der Waals surface area contributed by atoms with E-state index in [1.165, 1.54) is 0 Å². The first-order valence-corrected chi connectivity index (χ1v) is 14.5. The van der Waals surface area contributed by atoms with Crippen LogP contribution in [0.1, 0.15) is 58.3 Å². The minimum atomic E-state index is -1.20. The summed E-state index contributed by atoms with van der Waals surface area (Å²) in [5, 5.41) is 0.